The van der Waals surface area contributed by atoms with Crippen LogP contribution in [0.4, 0.5) is 16.2 Å². The van der Waals surface area contributed by atoms with Crippen LogP contribution in [0, 0.1) is 10.1 Å². The van der Waals surface area contributed by atoms with E-state index >= 15 is 0 Å². The van der Waals surface area contributed by atoms with Crippen LogP contribution in [0.2, 0.25) is 0 Å². The SMILES string of the molecule is CCCOC(=O)NNc1ccc([N+](=O)[O-])cc1. The average Bonchev–Trinajstić information content (AvgIpc) is 2.34. The molecule has 0 aliphatic heterocycles. The van der Waals surface area contributed by atoms with Crippen LogP contribution in [0.5, 0.6) is 0 Å². The number of nitro benzene ring substituents is 1. The lowest BCUT2D eigenvalue weighted by Gasteiger charge is -2.08. The number of hydrogen-bond acceptors (Lipinski definition) is 5. The molecule has 7 heteroatoms. The van der Waals surface area contributed by atoms with Gasteiger partial charge in [0.1, 0.15) is 0 Å². The Morgan fingerprint density at radius 2 is 2.06 bits per heavy atom. The topological polar surface area (TPSA) is 93.5 Å². The maximum Gasteiger partial charge on any atom is 0.425 e. The Morgan fingerprint density at radius 3 is 2.59 bits per heavy atom. The molecule has 1 aromatic rings. The predicted octanol–water partition coefficient (Wildman–Crippen LogP) is 2.06. The van der Waals surface area contributed by atoms with Crippen LogP contribution in [0.3, 0.4) is 0 Å². The van der Waals surface area contributed by atoms with Crippen LogP contribution >= 0.6 is 0 Å². The third-order valence-electron chi connectivity index (χ3n) is 1.82. The number of non-ortho nitro benzene ring substituents is 1. The molecule has 0 heterocycles. The first-order valence-electron chi connectivity index (χ1n) is 5.06. The Bertz CT molecular complexity index is 391. The van der Waals surface area contributed by atoms with Crippen LogP contribution in [0.25, 0.3) is 0 Å². The number of anilines is 1. The van der Waals surface area contributed by atoms with Gasteiger partial charge in [-0.3, -0.25) is 15.5 Å². The number of carbonyl (C=O) groups is 1. The van der Waals surface area contributed by atoms with E-state index in [1.807, 2.05) is 6.92 Å². The number of nitrogens with one attached hydrogen (secondary N) is 2. The molecule has 0 saturated carbocycles. The quantitative estimate of drug-likeness (QED) is 0.605. The normalized spacial score (nSPS) is 9.47. The van der Waals surface area contributed by atoms with Crippen molar-refractivity contribution < 1.29 is 14.5 Å². The lowest BCUT2D eigenvalue weighted by molar-refractivity contribution is -0.384. The maximum atomic E-state index is 11.0. The molecule has 1 amide bonds. The van der Waals surface area contributed by atoms with Gasteiger partial charge in [-0.05, 0) is 18.6 Å². The molecule has 0 atom stereocenters. The molecule has 1 rings (SSSR count). The molecule has 1 aromatic carbocycles. The van der Waals surface area contributed by atoms with E-state index in [4.69, 9.17) is 4.74 Å². The van der Waals surface area contributed by atoms with Gasteiger partial charge in [-0.25, -0.2) is 10.2 Å². The molecule has 0 aliphatic rings. The van der Waals surface area contributed by atoms with Crippen molar-refractivity contribution in [3.8, 4) is 0 Å². The molecule has 0 unspecified atom stereocenters. The number of hydrazine groups is 1. The summed E-state index contributed by atoms with van der Waals surface area (Å²) in [5.41, 5.74) is 5.40. The molecule has 92 valence electrons. The Kier molecular flexibility index (Phi) is 4.74. The molecule has 0 fully saturated rings. The Labute approximate surface area is 97.9 Å². The first-order valence-corrected chi connectivity index (χ1v) is 5.06. The van der Waals surface area contributed by atoms with Gasteiger partial charge >= 0.3 is 6.09 Å². The van der Waals surface area contributed by atoms with Crippen LogP contribution < -0.4 is 10.9 Å². The molecular weight excluding hydrogens is 226 g/mol. The highest BCUT2D eigenvalue weighted by Gasteiger charge is 2.04. The molecule has 7 nitrogen and oxygen atoms in total. The minimum absolute atomic E-state index is 0.0101. The minimum Gasteiger partial charge on any atom is -0.448 e. The highest BCUT2D eigenvalue weighted by molar-refractivity contribution is 5.69. The van der Waals surface area contributed by atoms with E-state index in [0.29, 0.717) is 12.3 Å². The number of carbonyl (C=O) groups excluding carboxylic acids is 1. The monoisotopic (exact) mass is 239 g/mol. The summed E-state index contributed by atoms with van der Waals surface area (Å²) in [6, 6.07) is 5.64. The molecule has 0 aliphatic carbocycles. The number of nitro groups is 1. The molecule has 0 aromatic heterocycles. The Hall–Kier alpha value is -2.31. The van der Waals surface area contributed by atoms with Crippen LogP contribution in [-0.2, 0) is 4.74 Å². The second kappa shape index (κ2) is 6.31. The predicted molar refractivity (Wildman–Crippen MR) is 61.5 cm³/mol. The second-order valence-corrected chi connectivity index (χ2v) is 3.19. The van der Waals surface area contributed by atoms with Gasteiger partial charge in [0.2, 0.25) is 0 Å². The summed E-state index contributed by atoms with van der Waals surface area (Å²) in [4.78, 5) is 20.9. The average molecular weight is 239 g/mol. The standard InChI is InChI=1S/C10H13N3O4/c1-2-7-17-10(14)12-11-8-3-5-9(6-4-8)13(15)16/h3-6,11H,2,7H2,1H3,(H,12,14). The van der Waals surface area contributed by atoms with Gasteiger partial charge in [-0.15, -0.1) is 0 Å². The summed E-state index contributed by atoms with van der Waals surface area (Å²) in [5.74, 6) is 0. The van der Waals surface area contributed by atoms with Crippen molar-refractivity contribution in [2.24, 2.45) is 0 Å². The van der Waals surface area contributed by atoms with Gasteiger partial charge in [0, 0.05) is 12.1 Å². The number of rotatable bonds is 5. The third-order valence-corrected chi connectivity index (χ3v) is 1.82. The number of ether oxygens (including phenoxy) is 1. The van der Waals surface area contributed by atoms with Crippen LogP contribution in [0.15, 0.2) is 24.3 Å². The van der Waals surface area contributed by atoms with Crippen molar-refractivity contribution in [2.75, 3.05) is 12.0 Å². The lowest BCUT2D eigenvalue weighted by atomic mass is 10.3. The summed E-state index contributed by atoms with van der Waals surface area (Å²) in [6.45, 7) is 2.23. The van der Waals surface area contributed by atoms with Gasteiger partial charge in [-0.2, -0.15) is 0 Å². The fourth-order valence-electron chi connectivity index (χ4n) is 1.02. The fraction of sp³-hybridized carbons (Fsp3) is 0.300. The molecule has 0 radical (unpaired) electrons. The second-order valence-electron chi connectivity index (χ2n) is 3.19. The van der Waals surface area contributed by atoms with E-state index in [0.717, 1.165) is 6.42 Å². The van der Waals surface area contributed by atoms with Crippen molar-refractivity contribution in [2.45, 2.75) is 13.3 Å². The summed E-state index contributed by atoms with van der Waals surface area (Å²) in [7, 11) is 0. The summed E-state index contributed by atoms with van der Waals surface area (Å²) in [5, 5.41) is 10.4. The van der Waals surface area contributed by atoms with Crippen molar-refractivity contribution in [3.05, 3.63) is 34.4 Å². The van der Waals surface area contributed by atoms with Crippen LogP contribution in [-0.4, -0.2) is 17.6 Å². The molecule has 2 N–H and O–H groups in total. The number of hydrogen-bond donors (Lipinski definition) is 2. The number of nitrogens with zero attached hydrogens (tertiary/aromatic N) is 1. The Morgan fingerprint density at radius 1 is 1.41 bits per heavy atom. The van der Waals surface area contributed by atoms with Crippen molar-refractivity contribution in [3.63, 3.8) is 0 Å². The zero-order valence-corrected chi connectivity index (χ0v) is 9.30. The molecular formula is C10H13N3O4. The first-order chi connectivity index (χ1) is 8.13. The van der Waals surface area contributed by atoms with Crippen molar-refractivity contribution in [1.82, 2.24) is 5.43 Å². The van der Waals surface area contributed by atoms with Crippen LogP contribution in [0.1, 0.15) is 13.3 Å². The highest BCUT2D eigenvalue weighted by atomic mass is 16.6. The van der Waals surface area contributed by atoms with E-state index in [1.165, 1.54) is 24.3 Å². The lowest BCUT2D eigenvalue weighted by Crippen LogP contribution is -2.30. The van der Waals surface area contributed by atoms with Gasteiger partial charge in [0.05, 0.1) is 17.2 Å². The van der Waals surface area contributed by atoms with Gasteiger partial charge < -0.3 is 4.74 Å². The van der Waals surface area contributed by atoms with E-state index < -0.39 is 11.0 Å². The molecule has 0 saturated heterocycles. The largest absolute Gasteiger partial charge is 0.448 e. The highest BCUT2D eigenvalue weighted by Crippen LogP contribution is 2.14. The third kappa shape index (κ3) is 4.37. The molecule has 17 heavy (non-hydrogen) atoms. The van der Waals surface area contributed by atoms with Crippen molar-refractivity contribution >= 4 is 17.5 Å². The van der Waals surface area contributed by atoms with Gasteiger partial charge in [0.25, 0.3) is 5.69 Å². The summed E-state index contributed by atoms with van der Waals surface area (Å²) < 4.78 is 4.75. The smallest absolute Gasteiger partial charge is 0.425 e. The summed E-state index contributed by atoms with van der Waals surface area (Å²) >= 11 is 0. The summed E-state index contributed by atoms with van der Waals surface area (Å²) in [6.07, 6.45) is 0.149. The zero-order chi connectivity index (χ0) is 12.7. The van der Waals surface area contributed by atoms with E-state index in [-0.39, 0.29) is 5.69 Å². The van der Waals surface area contributed by atoms with E-state index in [1.54, 1.807) is 0 Å². The van der Waals surface area contributed by atoms with E-state index in [2.05, 4.69) is 10.9 Å². The maximum absolute atomic E-state index is 11.0. The first kappa shape index (κ1) is 12.8. The number of benzene rings is 1. The van der Waals surface area contributed by atoms with Gasteiger partial charge in [-0.1, -0.05) is 6.92 Å². The number of amides is 1. The Balaban J connectivity index is 2.42. The van der Waals surface area contributed by atoms with E-state index in [9.17, 15) is 14.9 Å². The minimum atomic E-state index is -0.592. The van der Waals surface area contributed by atoms with Gasteiger partial charge in [0.15, 0.2) is 0 Å². The molecule has 0 bridgehead atoms. The zero-order valence-electron chi connectivity index (χ0n) is 9.30. The fourth-order valence-corrected chi connectivity index (χ4v) is 1.02. The van der Waals surface area contributed by atoms with Crippen molar-refractivity contribution in [1.29, 1.82) is 0 Å². The molecule has 0 spiro atoms.